The summed E-state index contributed by atoms with van der Waals surface area (Å²) in [4.78, 5) is 4.81. The van der Waals surface area contributed by atoms with Gasteiger partial charge in [-0.1, -0.05) is 24.3 Å². The number of nitrogens with zero attached hydrogens (tertiary/aromatic N) is 2. The van der Waals surface area contributed by atoms with Gasteiger partial charge in [0.2, 0.25) is 0 Å². The van der Waals surface area contributed by atoms with E-state index in [0.29, 0.717) is 0 Å². The zero-order valence-corrected chi connectivity index (χ0v) is 16.5. The first-order valence-electron chi connectivity index (χ1n) is 9.51. The van der Waals surface area contributed by atoms with Gasteiger partial charge >= 0.3 is 0 Å². The van der Waals surface area contributed by atoms with Gasteiger partial charge in [-0.25, -0.2) is 0 Å². The normalized spacial score (nSPS) is 16.6. The van der Waals surface area contributed by atoms with Crippen LogP contribution in [0.2, 0.25) is 0 Å². The summed E-state index contributed by atoms with van der Waals surface area (Å²) in [5.41, 5.74) is 9.55. The fourth-order valence-electron chi connectivity index (χ4n) is 4.37. The van der Waals surface area contributed by atoms with Crippen LogP contribution >= 0.6 is 0 Å². The lowest BCUT2D eigenvalue weighted by Gasteiger charge is -2.29. The van der Waals surface area contributed by atoms with Crippen LogP contribution in [0.25, 0.3) is 21.9 Å². The number of anilines is 3. The highest BCUT2D eigenvalue weighted by Gasteiger charge is 2.33. The summed E-state index contributed by atoms with van der Waals surface area (Å²) < 4.78 is 6.19. The summed E-state index contributed by atoms with van der Waals surface area (Å²) in [5, 5.41) is 2.38. The third kappa shape index (κ3) is 2.14. The predicted molar refractivity (Wildman–Crippen MR) is 114 cm³/mol. The van der Waals surface area contributed by atoms with E-state index < -0.39 is 0 Å². The van der Waals surface area contributed by atoms with Crippen molar-refractivity contribution in [3.05, 3.63) is 65.2 Å². The van der Waals surface area contributed by atoms with Gasteiger partial charge in [0.1, 0.15) is 17.3 Å². The highest BCUT2D eigenvalue weighted by Crippen LogP contribution is 2.47. The van der Waals surface area contributed by atoms with E-state index in [1.54, 1.807) is 0 Å². The molecule has 1 atom stereocenters. The number of furan rings is 1. The first-order chi connectivity index (χ1) is 13.0. The largest absolute Gasteiger partial charge is 0.456 e. The molecular weight excluding hydrogens is 332 g/mol. The zero-order valence-electron chi connectivity index (χ0n) is 16.5. The molecule has 1 aliphatic rings. The lowest BCUT2D eigenvalue weighted by atomic mass is 10.0. The van der Waals surface area contributed by atoms with E-state index in [1.807, 2.05) is 12.1 Å². The van der Waals surface area contributed by atoms with Gasteiger partial charge in [0.15, 0.2) is 0 Å². The van der Waals surface area contributed by atoms with E-state index in [9.17, 15) is 0 Å². The van der Waals surface area contributed by atoms with Crippen LogP contribution in [-0.2, 0) is 0 Å². The van der Waals surface area contributed by atoms with Gasteiger partial charge in [0, 0.05) is 23.5 Å². The van der Waals surface area contributed by atoms with Gasteiger partial charge < -0.3 is 14.2 Å². The summed E-state index contributed by atoms with van der Waals surface area (Å²) in [5.74, 6) is 0. The third-order valence-electron chi connectivity index (χ3n) is 6.17. The first-order valence-corrected chi connectivity index (χ1v) is 9.51. The lowest BCUT2D eigenvalue weighted by molar-refractivity contribution is 0.665. The lowest BCUT2D eigenvalue weighted by Crippen LogP contribution is -2.36. The molecule has 0 aliphatic carbocycles. The molecule has 0 unspecified atom stereocenters. The van der Waals surface area contributed by atoms with Crippen molar-refractivity contribution in [3.8, 4) is 0 Å². The number of fused-ring (bicyclic) bond motifs is 4. The Hall–Kier alpha value is -2.94. The second kappa shape index (κ2) is 5.53. The smallest absolute Gasteiger partial charge is 0.138 e. The fraction of sp³-hybridized carbons (Fsp3) is 0.250. The fourth-order valence-corrected chi connectivity index (χ4v) is 4.37. The van der Waals surface area contributed by atoms with Crippen molar-refractivity contribution in [2.75, 3.05) is 16.8 Å². The van der Waals surface area contributed by atoms with E-state index in [1.165, 1.54) is 44.5 Å². The van der Waals surface area contributed by atoms with Crippen LogP contribution in [0.4, 0.5) is 17.1 Å². The SMILES string of the molecule is Cc1ccc2c(c1)N(C)[C@@H](C)N2c1cc2c(oc3ccccc32)c(C)c1C. The van der Waals surface area contributed by atoms with Crippen molar-refractivity contribution in [1.29, 1.82) is 0 Å². The molecule has 3 nitrogen and oxygen atoms in total. The maximum atomic E-state index is 6.19. The quantitative estimate of drug-likeness (QED) is 0.391. The number of hydrogen-bond acceptors (Lipinski definition) is 3. The van der Waals surface area contributed by atoms with Crippen LogP contribution in [0, 0.1) is 20.8 Å². The molecule has 0 amide bonds. The summed E-state index contributed by atoms with van der Waals surface area (Å²) in [6.07, 6.45) is 0.260. The molecule has 0 radical (unpaired) electrons. The molecule has 0 saturated heterocycles. The second-order valence-corrected chi connectivity index (χ2v) is 7.73. The van der Waals surface area contributed by atoms with Crippen LogP contribution < -0.4 is 9.80 Å². The van der Waals surface area contributed by atoms with E-state index >= 15 is 0 Å². The zero-order chi connectivity index (χ0) is 18.9. The van der Waals surface area contributed by atoms with Crippen molar-refractivity contribution < 1.29 is 4.42 Å². The van der Waals surface area contributed by atoms with Crippen molar-refractivity contribution in [2.24, 2.45) is 0 Å². The average molecular weight is 356 g/mol. The van der Waals surface area contributed by atoms with Crippen LogP contribution in [0.1, 0.15) is 23.6 Å². The molecule has 3 aromatic carbocycles. The van der Waals surface area contributed by atoms with E-state index in [-0.39, 0.29) is 6.17 Å². The van der Waals surface area contributed by atoms with Gasteiger partial charge in [-0.05, 0) is 68.7 Å². The Kier molecular flexibility index (Phi) is 3.33. The van der Waals surface area contributed by atoms with Gasteiger partial charge in [-0.2, -0.15) is 0 Å². The average Bonchev–Trinajstić information content (AvgIpc) is 3.15. The number of para-hydroxylation sites is 1. The molecule has 27 heavy (non-hydrogen) atoms. The Labute approximate surface area is 159 Å². The maximum Gasteiger partial charge on any atom is 0.138 e. The first kappa shape index (κ1) is 16.2. The molecule has 0 bridgehead atoms. The van der Waals surface area contributed by atoms with Crippen LogP contribution in [0.3, 0.4) is 0 Å². The van der Waals surface area contributed by atoms with Gasteiger partial charge in [-0.3, -0.25) is 0 Å². The molecule has 1 aromatic heterocycles. The molecule has 1 aliphatic heterocycles. The Morgan fingerprint density at radius 3 is 2.41 bits per heavy atom. The summed E-state index contributed by atoms with van der Waals surface area (Å²) in [6.45, 7) is 8.79. The topological polar surface area (TPSA) is 19.6 Å². The molecule has 5 rings (SSSR count). The van der Waals surface area contributed by atoms with Crippen molar-refractivity contribution in [3.63, 3.8) is 0 Å². The van der Waals surface area contributed by atoms with Gasteiger partial charge in [0.05, 0.1) is 11.4 Å². The Bertz CT molecular complexity index is 1200. The number of aryl methyl sites for hydroxylation is 2. The predicted octanol–water partition coefficient (Wildman–Crippen LogP) is 6.45. The molecule has 0 N–H and O–H groups in total. The highest BCUT2D eigenvalue weighted by atomic mass is 16.3. The number of benzene rings is 3. The monoisotopic (exact) mass is 356 g/mol. The Morgan fingerprint density at radius 2 is 1.59 bits per heavy atom. The molecular formula is C24H24N2O. The molecule has 0 spiro atoms. The summed E-state index contributed by atoms with van der Waals surface area (Å²) >= 11 is 0. The van der Waals surface area contributed by atoms with Crippen molar-refractivity contribution in [2.45, 2.75) is 33.9 Å². The summed E-state index contributed by atoms with van der Waals surface area (Å²) in [7, 11) is 2.18. The van der Waals surface area contributed by atoms with E-state index in [4.69, 9.17) is 4.42 Å². The van der Waals surface area contributed by atoms with Crippen LogP contribution in [0.5, 0.6) is 0 Å². The van der Waals surface area contributed by atoms with Gasteiger partial charge in [0.25, 0.3) is 0 Å². The minimum Gasteiger partial charge on any atom is -0.456 e. The minimum absolute atomic E-state index is 0.260. The van der Waals surface area contributed by atoms with E-state index in [2.05, 4.69) is 80.9 Å². The maximum absolute atomic E-state index is 6.19. The molecule has 0 saturated carbocycles. The highest BCUT2D eigenvalue weighted by molar-refractivity contribution is 6.08. The third-order valence-corrected chi connectivity index (χ3v) is 6.17. The van der Waals surface area contributed by atoms with Crippen LogP contribution in [0.15, 0.2) is 52.9 Å². The molecule has 136 valence electrons. The Balaban J connectivity index is 1.81. The van der Waals surface area contributed by atoms with Crippen molar-refractivity contribution >= 4 is 39.0 Å². The molecule has 3 heteroatoms. The van der Waals surface area contributed by atoms with E-state index in [0.717, 1.165) is 11.2 Å². The molecule has 2 heterocycles. The number of hydrogen-bond donors (Lipinski definition) is 0. The second-order valence-electron chi connectivity index (χ2n) is 7.73. The van der Waals surface area contributed by atoms with Gasteiger partial charge in [-0.15, -0.1) is 0 Å². The summed E-state index contributed by atoms with van der Waals surface area (Å²) in [6, 6.07) is 17.3. The van der Waals surface area contributed by atoms with Crippen molar-refractivity contribution in [1.82, 2.24) is 0 Å². The number of rotatable bonds is 1. The molecule has 0 fully saturated rings. The van der Waals surface area contributed by atoms with Crippen LogP contribution in [-0.4, -0.2) is 13.2 Å². The minimum atomic E-state index is 0.260. The Morgan fingerprint density at radius 1 is 0.815 bits per heavy atom. The molecule has 4 aromatic rings. The standard InChI is InChI=1S/C24H24N2O/c1-14-10-11-20-22(12-14)25(5)17(4)26(20)21-13-19-18-8-6-7-9-23(18)27-24(19)16(3)15(21)2/h6-13,17H,1-5H3/t17-/m1/s1.